The van der Waals surface area contributed by atoms with Crippen LogP contribution >= 0.6 is 15.9 Å². The first-order chi connectivity index (χ1) is 8.81. The third kappa shape index (κ3) is 4.45. The number of aliphatic hydroxyl groups excluding tert-OH is 2. The maximum atomic E-state index is 10.0. The van der Waals surface area contributed by atoms with E-state index in [2.05, 4.69) is 15.9 Å². The molecule has 0 aromatic heterocycles. The lowest BCUT2D eigenvalue weighted by Gasteiger charge is -2.30. The summed E-state index contributed by atoms with van der Waals surface area (Å²) in [6.07, 6.45) is 0. The summed E-state index contributed by atoms with van der Waals surface area (Å²) in [6, 6.07) is 3.75. The quantitative estimate of drug-likeness (QED) is 0.744. The SMILES string of the molecule is Cc1cc(Br)cc(CN(C)CC(C)(CO)CO)c1O. The Morgan fingerprint density at radius 1 is 1.26 bits per heavy atom. The van der Waals surface area contributed by atoms with Crippen molar-refractivity contribution in [1.29, 1.82) is 0 Å². The monoisotopic (exact) mass is 331 g/mol. The van der Waals surface area contributed by atoms with Gasteiger partial charge in [0.05, 0.1) is 13.2 Å². The topological polar surface area (TPSA) is 63.9 Å². The van der Waals surface area contributed by atoms with E-state index in [4.69, 9.17) is 0 Å². The minimum Gasteiger partial charge on any atom is -0.507 e. The van der Waals surface area contributed by atoms with Gasteiger partial charge in [0, 0.05) is 28.5 Å². The first kappa shape index (κ1) is 16.4. The van der Waals surface area contributed by atoms with E-state index < -0.39 is 5.41 Å². The Bertz CT molecular complexity index is 433. The van der Waals surface area contributed by atoms with E-state index in [1.807, 2.05) is 37.9 Å². The van der Waals surface area contributed by atoms with Crippen LogP contribution in [0.25, 0.3) is 0 Å². The second kappa shape index (κ2) is 6.70. The third-order valence-corrected chi connectivity index (χ3v) is 3.66. The van der Waals surface area contributed by atoms with Crippen molar-refractivity contribution in [3.05, 3.63) is 27.7 Å². The van der Waals surface area contributed by atoms with Crippen molar-refractivity contribution in [2.24, 2.45) is 5.41 Å². The Morgan fingerprint density at radius 2 is 1.84 bits per heavy atom. The lowest BCUT2D eigenvalue weighted by atomic mass is 9.92. The number of hydrogen-bond donors (Lipinski definition) is 3. The molecule has 1 aromatic carbocycles. The van der Waals surface area contributed by atoms with E-state index in [0.717, 1.165) is 15.6 Å². The van der Waals surface area contributed by atoms with Crippen molar-refractivity contribution in [3.8, 4) is 5.75 Å². The highest BCUT2D eigenvalue weighted by atomic mass is 79.9. The number of halogens is 1. The summed E-state index contributed by atoms with van der Waals surface area (Å²) in [5, 5.41) is 28.6. The van der Waals surface area contributed by atoms with E-state index in [0.29, 0.717) is 18.8 Å². The normalized spacial score (nSPS) is 12.2. The molecule has 5 heteroatoms. The smallest absolute Gasteiger partial charge is 0.123 e. The molecule has 0 saturated heterocycles. The zero-order valence-electron chi connectivity index (χ0n) is 11.6. The molecule has 0 aliphatic carbocycles. The summed E-state index contributed by atoms with van der Waals surface area (Å²) in [4.78, 5) is 1.98. The standard InChI is InChI=1S/C14H22BrNO3/c1-10-4-12(15)5-11(13(10)19)6-16(3)7-14(2,8-17)9-18/h4-5,17-19H,6-9H2,1-3H3. The number of phenolic OH excluding ortho intramolecular Hbond substituents is 1. The number of aliphatic hydroxyl groups is 2. The summed E-state index contributed by atoms with van der Waals surface area (Å²) < 4.78 is 0.929. The molecule has 0 bridgehead atoms. The van der Waals surface area contributed by atoms with E-state index in [-0.39, 0.29) is 13.2 Å². The number of benzene rings is 1. The van der Waals surface area contributed by atoms with Crippen LogP contribution in [0.3, 0.4) is 0 Å². The van der Waals surface area contributed by atoms with Gasteiger partial charge >= 0.3 is 0 Å². The van der Waals surface area contributed by atoms with Crippen LogP contribution in [0.2, 0.25) is 0 Å². The van der Waals surface area contributed by atoms with Gasteiger partial charge in [0.1, 0.15) is 5.75 Å². The Kier molecular flexibility index (Phi) is 5.80. The number of phenols is 1. The number of nitrogens with zero attached hydrogens (tertiary/aromatic N) is 1. The molecule has 0 heterocycles. The lowest BCUT2D eigenvalue weighted by Crippen LogP contribution is -2.38. The second-order valence-corrected chi connectivity index (χ2v) is 6.45. The molecule has 108 valence electrons. The molecular weight excluding hydrogens is 310 g/mol. The predicted octanol–water partition coefficient (Wildman–Crippen LogP) is 1.89. The number of rotatable bonds is 6. The van der Waals surface area contributed by atoms with Crippen LogP contribution in [0.5, 0.6) is 5.75 Å². The molecule has 3 N–H and O–H groups in total. The van der Waals surface area contributed by atoms with Crippen molar-refractivity contribution >= 4 is 15.9 Å². The summed E-state index contributed by atoms with van der Waals surface area (Å²) >= 11 is 3.42. The molecule has 1 aromatic rings. The third-order valence-electron chi connectivity index (χ3n) is 3.20. The van der Waals surface area contributed by atoms with Crippen LogP contribution < -0.4 is 0 Å². The van der Waals surface area contributed by atoms with E-state index in [1.165, 1.54) is 0 Å². The lowest BCUT2D eigenvalue weighted by molar-refractivity contribution is 0.0400. The maximum Gasteiger partial charge on any atom is 0.123 e. The molecule has 0 radical (unpaired) electrons. The minimum atomic E-state index is -0.536. The average molecular weight is 332 g/mol. The van der Waals surface area contributed by atoms with Gasteiger partial charge in [0.25, 0.3) is 0 Å². The van der Waals surface area contributed by atoms with Crippen molar-refractivity contribution in [2.75, 3.05) is 26.8 Å². The van der Waals surface area contributed by atoms with Crippen LogP contribution in [-0.2, 0) is 6.54 Å². The highest BCUT2D eigenvalue weighted by Crippen LogP contribution is 2.28. The summed E-state index contributed by atoms with van der Waals surface area (Å²) in [6.45, 7) is 4.64. The highest BCUT2D eigenvalue weighted by molar-refractivity contribution is 9.10. The van der Waals surface area contributed by atoms with Gasteiger partial charge in [-0.2, -0.15) is 0 Å². The fourth-order valence-corrected chi connectivity index (χ4v) is 2.69. The number of hydrogen-bond acceptors (Lipinski definition) is 4. The molecule has 0 amide bonds. The minimum absolute atomic E-state index is 0.0721. The first-order valence-electron chi connectivity index (χ1n) is 6.19. The summed E-state index contributed by atoms with van der Waals surface area (Å²) in [5.74, 6) is 0.296. The molecule has 0 aliphatic heterocycles. The molecule has 0 spiro atoms. The van der Waals surface area contributed by atoms with Crippen LogP contribution in [0.1, 0.15) is 18.1 Å². The molecule has 0 unspecified atom stereocenters. The Morgan fingerprint density at radius 3 is 2.37 bits per heavy atom. The molecule has 0 saturated carbocycles. The van der Waals surface area contributed by atoms with Crippen molar-refractivity contribution in [3.63, 3.8) is 0 Å². The van der Waals surface area contributed by atoms with Crippen molar-refractivity contribution in [1.82, 2.24) is 4.90 Å². The zero-order valence-corrected chi connectivity index (χ0v) is 13.2. The molecule has 0 aliphatic rings. The Balaban J connectivity index is 2.80. The van der Waals surface area contributed by atoms with E-state index in [9.17, 15) is 15.3 Å². The van der Waals surface area contributed by atoms with Crippen LogP contribution in [-0.4, -0.2) is 47.0 Å². The molecular formula is C14H22BrNO3. The van der Waals surface area contributed by atoms with Gasteiger partial charge in [-0.05, 0) is 31.7 Å². The number of aryl methyl sites for hydroxylation is 1. The molecule has 1 rings (SSSR count). The molecule has 0 fully saturated rings. The van der Waals surface area contributed by atoms with E-state index >= 15 is 0 Å². The zero-order chi connectivity index (χ0) is 14.6. The highest BCUT2D eigenvalue weighted by Gasteiger charge is 2.24. The van der Waals surface area contributed by atoms with E-state index in [1.54, 1.807) is 0 Å². The van der Waals surface area contributed by atoms with Crippen molar-refractivity contribution < 1.29 is 15.3 Å². The second-order valence-electron chi connectivity index (χ2n) is 5.53. The Labute approximate surface area is 122 Å². The van der Waals surface area contributed by atoms with Gasteiger partial charge in [0.2, 0.25) is 0 Å². The van der Waals surface area contributed by atoms with Gasteiger partial charge in [0.15, 0.2) is 0 Å². The Hall–Kier alpha value is -0.620. The number of aromatic hydroxyl groups is 1. The van der Waals surface area contributed by atoms with Gasteiger partial charge in [-0.3, -0.25) is 0 Å². The van der Waals surface area contributed by atoms with Gasteiger partial charge in [-0.25, -0.2) is 0 Å². The van der Waals surface area contributed by atoms with Crippen LogP contribution in [0.15, 0.2) is 16.6 Å². The van der Waals surface area contributed by atoms with Crippen LogP contribution in [0.4, 0.5) is 0 Å². The fraction of sp³-hybridized carbons (Fsp3) is 0.571. The maximum absolute atomic E-state index is 10.0. The molecule has 0 atom stereocenters. The summed E-state index contributed by atoms with van der Waals surface area (Å²) in [7, 11) is 1.90. The van der Waals surface area contributed by atoms with Gasteiger partial charge in [-0.15, -0.1) is 0 Å². The van der Waals surface area contributed by atoms with Gasteiger partial charge < -0.3 is 20.2 Å². The van der Waals surface area contributed by atoms with Crippen molar-refractivity contribution in [2.45, 2.75) is 20.4 Å². The first-order valence-corrected chi connectivity index (χ1v) is 6.99. The van der Waals surface area contributed by atoms with Crippen LogP contribution in [0, 0.1) is 12.3 Å². The van der Waals surface area contributed by atoms with Gasteiger partial charge in [-0.1, -0.05) is 22.9 Å². The average Bonchev–Trinajstić information content (AvgIpc) is 2.35. The fourth-order valence-electron chi connectivity index (χ4n) is 2.07. The molecule has 4 nitrogen and oxygen atoms in total. The summed E-state index contributed by atoms with van der Waals surface area (Å²) in [5.41, 5.74) is 1.11. The largest absolute Gasteiger partial charge is 0.507 e. The molecule has 19 heavy (non-hydrogen) atoms. The predicted molar refractivity (Wildman–Crippen MR) is 79.2 cm³/mol.